The fourth-order valence-electron chi connectivity index (χ4n) is 0.589. The van der Waals surface area contributed by atoms with Crippen molar-refractivity contribution in [3.05, 3.63) is 36.2 Å². The van der Waals surface area contributed by atoms with Gasteiger partial charge in [-0.2, -0.15) is 0 Å². The smallest absolute Gasteiger partial charge is 0.756 e. The summed E-state index contributed by atoms with van der Waals surface area (Å²) in [5, 5.41) is 11.2. The Balaban J connectivity index is 0. The fraction of sp³-hybridized carbons (Fsp3) is 0. The molecule has 0 amide bonds. The Morgan fingerprint density at radius 2 is 1.88 bits per heavy atom. The maximum absolute atomic E-state index is 10.3. The van der Waals surface area contributed by atoms with Crippen LogP contribution in [0.25, 0.3) is 0 Å². The van der Waals surface area contributed by atoms with Crippen molar-refractivity contribution in [2.75, 3.05) is 0 Å². The van der Waals surface area contributed by atoms with E-state index in [0.717, 1.165) is 0 Å². The molecule has 0 atom stereocenters. The van der Waals surface area contributed by atoms with Crippen LogP contribution in [0.3, 0.4) is 0 Å². The summed E-state index contributed by atoms with van der Waals surface area (Å²) in [5.41, 5.74) is 0.255. The third-order valence-corrected chi connectivity index (χ3v) is 1.07. The van der Waals surface area contributed by atoms with Gasteiger partial charge in [0.1, 0.15) is 0 Å². The number of hydrogen-bond acceptors (Lipinski definition) is 4. The molecule has 0 radical (unpaired) electrons. The van der Waals surface area contributed by atoms with Crippen molar-refractivity contribution in [2.45, 2.75) is 0 Å². The summed E-state index contributed by atoms with van der Waals surface area (Å²) in [6.45, 7) is 0. The zero-order valence-corrected chi connectivity index (χ0v) is 11.3. The first-order chi connectivity index (χ1) is 6.80. The zero-order valence-electron chi connectivity index (χ0n) is 8.40. The zero-order chi connectivity index (χ0) is 11.9. The first kappa shape index (κ1) is 18.0. The van der Waals surface area contributed by atoms with E-state index in [0.29, 0.717) is 0 Å². The van der Waals surface area contributed by atoms with Crippen LogP contribution in [0, 0.1) is 0 Å². The van der Waals surface area contributed by atoms with Gasteiger partial charge in [-0.3, -0.25) is 4.57 Å². The molecule has 0 aromatic carbocycles. The van der Waals surface area contributed by atoms with E-state index in [1.807, 2.05) is 0 Å². The molecule has 0 aliphatic carbocycles. The summed E-state index contributed by atoms with van der Waals surface area (Å²) in [6.07, 6.45) is 8.01. The van der Waals surface area contributed by atoms with Gasteiger partial charge in [0.05, 0.1) is 5.57 Å². The van der Waals surface area contributed by atoms with Gasteiger partial charge in [-0.15, -0.1) is 0 Å². The Hall–Kier alpha value is -0.400. The van der Waals surface area contributed by atoms with Crippen molar-refractivity contribution in [3.8, 4) is 0 Å². The normalized spacial score (nSPS) is 13.3. The maximum atomic E-state index is 10.3. The molecule has 0 saturated carbocycles. The molecule has 0 fully saturated rings. The van der Waals surface area contributed by atoms with Crippen LogP contribution in [0.5, 0.6) is 0 Å². The summed E-state index contributed by atoms with van der Waals surface area (Å²) in [5.74, 6) is -0.924. The number of nitrogens with one attached hydrogen (secondary N) is 1. The first-order valence-electron chi connectivity index (χ1n) is 3.60. The molecule has 0 saturated heterocycles. The SMILES string of the molecule is O=C(O)C1=CNC=CC=C1.O=P([O-])(O)O.[Na+]. The predicted octanol–water partition coefficient (Wildman–Crippen LogP) is -3.93. The molecule has 0 bridgehead atoms. The summed E-state index contributed by atoms with van der Waals surface area (Å²) >= 11 is 0. The van der Waals surface area contributed by atoms with Crippen LogP contribution < -0.4 is 39.8 Å². The summed E-state index contributed by atoms with van der Waals surface area (Å²) < 4.78 is 8.77. The number of phosphoric acid groups is 1. The topological polar surface area (TPSA) is 130 Å². The van der Waals surface area contributed by atoms with Gasteiger partial charge in [-0.1, -0.05) is 6.08 Å². The van der Waals surface area contributed by atoms with Crippen LogP contribution in [-0.4, -0.2) is 20.9 Å². The second kappa shape index (κ2) is 8.72. The average molecular weight is 257 g/mol. The molecular weight excluding hydrogens is 248 g/mol. The summed E-state index contributed by atoms with van der Waals surface area (Å²) in [4.78, 5) is 33.2. The number of carboxylic acids is 1. The number of allylic oxidation sites excluding steroid dienone is 2. The van der Waals surface area contributed by atoms with E-state index in [1.54, 1.807) is 18.4 Å². The monoisotopic (exact) mass is 257 g/mol. The molecule has 0 aromatic rings. The molecule has 0 spiro atoms. The second-order valence-corrected chi connectivity index (χ2v) is 3.26. The van der Waals surface area contributed by atoms with Crippen LogP contribution in [0.15, 0.2) is 36.2 Å². The first-order valence-corrected chi connectivity index (χ1v) is 5.13. The van der Waals surface area contributed by atoms with E-state index in [4.69, 9.17) is 24.4 Å². The minimum Gasteiger partial charge on any atom is -0.756 e. The number of carboxylic acid groups (broad SMARTS) is 1. The number of hydrogen-bond donors (Lipinski definition) is 4. The van der Waals surface area contributed by atoms with Crippen LogP contribution >= 0.6 is 7.82 Å². The van der Waals surface area contributed by atoms with Gasteiger partial charge in [-0.25, -0.2) is 4.79 Å². The molecule has 0 aromatic heterocycles. The second-order valence-electron chi connectivity index (χ2n) is 2.28. The molecule has 16 heavy (non-hydrogen) atoms. The van der Waals surface area contributed by atoms with E-state index in [2.05, 4.69) is 5.32 Å². The van der Waals surface area contributed by atoms with Crippen molar-refractivity contribution in [2.24, 2.45) is 0 Å². The molecular formula is C7H9NNaO6P. The molecule has 1 aliphatic heterocycles. The van der Waals surface area contributed by atoms with Crippen LogP contribution in [-0.2, 0) is 9.36 Å². The summed E-state index contributed by atoms with van der Waals surface area (Å²) in [6, 6.07) is 0. The van der Waals surface area contributed by atoms with E-state index >= 15 is 0 Å². The Bertz CT molecular complexity index is 350. The molecule has 0 unspecified atom stereocenters. The van der Waals surface area contributed by atoms with Gasteiger partial charge in [0.25, 0.3) is 7.82 Å². The van der Waals surface area contributed by atoms with E-state index < -0.39 is 13.8 Å². The minimum atomic E-state index is -4.89. The fourth-order valence-corrected chi connectivity index (χ4v) is 0.589. The molecule has 7 nitrogen and oxygen atoms in total. The Morgan fingerprint density at radius 1 is 1.38 bits per heavy atom. The van der Waals surface area contributed by atoms with Crippen molar-refractivity contribution >= 4 is 13.8 Å². The minimum absolute atomic E-state index is 0. The van der Waals surface area contributed by atoms with Gasteiger partial charge in [0.15, 0.2) is 0 Å². The van der Waals surface area contributed by atoms with E-state index in [-0.39, 0.29) is 35.1 Å². The Morgan fingerprint density at radius 3 is 2.31 bits per heavy atom. The van der Waals surface area contributed by atoms with Crippen molar-refractivity contribution in [3.63, 3.8) is 0 Å². The third-order valence-electron chi connectivity index (χ3n) is 1.07. The van der Waals surface area contributed by atoms with Crippen molar-refractivity contribution < 1.29 is 58.7 Å². The molecule has 4 N–H and O–H groups in total. The Labute approximate surface area is 114 Å². The van der Waals surface area contributed by atoms with Gasteiger partial charge in [-0.05, 0) is 12.2 Å². The van der Waals surface area contributed by atoms with Gasteiger partial charge >= 0.3 is 35.5 Å². The number of aliphatic carboxylic acids is 1. The molecule has 84 valence electrons. The Kier molecular flexibility index (Phi) is 9.80. The molecule has 1 rings (SSSR count). The molecule has 9 heteroatoms. The van der Waals surface area contributed by atoms with Crippen molar-refractivity contribution in [1.82, 2.24) is 5.32 Å². The molecule has 1 heterocycles. The standard InChI is InChI=1S/C7H7NO2.Na.H3O4P/c9-7(10)6-3-1-2-4-8-5-6;;1-5(2,3)4/h1-5,8H,(H,9,10);;(H3,1,2,3,4)/q;+1;/p-1. The van der Waals surface area contributed by atoms with Crippen molar-refractivity contribution in [1.29, 1.82) is 0 Å². The summed E-state index contributed by atoms with van der Waals surface area (Å²) in [7, 11) is -4.89. The number of carbonyl (C=O) groups is 1. The van der Waals surface area contributed by atoms with E-state index in [1.165, 1.54) is 12.3 Å². The third kappa shape index (κ3) is 13.6. The van der Waals surface area contributed by atoms with Crippen LogP contribution in [0.2, 0.25) is 0 Å². The largest absolute Gasteiger partial charge is 1.00 e. The maximum Gasteiger partial charge on any atom is 1.00 e. The van der Waals surface area contributed by atoms with Crippen LogP contribution in [0.1, 0.15) is 0 Å². The van der Waals surface area contributed by atoms with Gasteiger partial charge in [0.2, 0.25) is 0 Å². The number of rotatable bonds is 1. The molecule has 1 aliphatic rings. The van der Waals surface area contributed by atoms with Gasteiger partial charge in [0, 0.05) is 12.4 Å². The predicted molar refractivity (Wildman–Crippen MR) is 49.2 cm³/mol. The van der Waals surface area contributed by atoms with E-state index in [9.17, 15) is 4.79 Å². The quantitative estimate of drug-likeness (QED) is 0.279. The average Bonchev–Trinajstić information content (AvgIpc) is 2.27. The van der Waals surface area contributed by atoms with Crippen LogP contribution in [0.4, 0.5) is 0 Å². The van der Waals surface area contributed by atoms with Gasteiger partial charge < -0.3 is 25.1 Å².